The summed E-state index contributed by atoms with van der Waals surface area (Å²) >= 11 is 3.43. The van der Waals surface area contributed by atoms with Gasteiger partial charge in [0.2, 0.25) is 5.95 Å². The highest BCUT2D eigenvalue weighted by atomic mass is 79.9. The molecule has 2 aromatic heterocycles. The molecule has 0 unspecified atom stereocenters. The number of aromatic amines is 1. The number of carbonyl (C=O) groups excluding carboxylic acids is 1. The molecule has 0 amide bonds. The van der Waals surface area contributed by atoms with Crippen molar-refractivity contribution in [1.29, 1.82) is 0 Å². The van der Waals surface area contributed by atoms with Gasteiger partial charge >= 0.3 is 5.97 Å². The van der Waals surface area contributed by atoms with Gasteiger partial charge in [0.05, 0.1) is 18.4 Å². The van der Waals surface area contributed by atoms with Gasteiger partial charge in [0, 0.05) is 15.6 Å². The summed E-state index contributed by atoms with van der Waals surface area (Å²) in [4.78, 5) is 24.5. The summed E-state index contributed by atoms with van der Waals surface area (Å²) in [5.41, 5.74) is 3.13. The average Bonchev–Trinajstić information content (AvgIpc) is 3.27. The third kappa shape index (κ3) is 3.19. The number of tetrazole rings is 1. The molecule has 0 spiro atoms. The molecule has 0 saturated heterocycles. The maximum Gasteiger partial charge on any atom is 0.337 e. The van der Waals surface area contributed by atoms with E-state index in [0.717, 1.165) is 15.6 Å². The van der Waals surface area contributed by atoms with E-state index in [0.29, 0.717) is 28.5 Å². The Balaban J connectivity index is 1.74. The van der Waals surface area contributed by atoms with Gasteiger partial charge in [0.1, 0.15) is 11.7 Å². The summed E-state index contributed by atoms with van der Waals surface area (Å²) in [5, 5.41) is 21.7. The Morgan fingerprint density at radius 3 is 2.58 bits per heavy atom. The van der Waals surface area contributed by atoms with Crippen molar-refractivity contribution in [3.63, 3.8) is 0 Å². The highest BCUT2D eigenvalue weighted by Gasteiger charge is 2.34. The molecule has 0 saturated carbocycles. The predicted octanol–water partition coefficient (Wildman–Crippen LogP) is 2.67. The molecular formula is C20H14BrN7O3. The molecule has 0 bridgehead atoms. The van der Waals surface area contributed by atoms with Gasteiger partial charge in [-0.25, -0.2) is 9.89 Å². The highest BCUT2D eigenvalue weighted by molar-refractivity contribution is 9.10. The monoisotopic (exact) mass is 479 g/mol. The fourth-order valence-corrected chi connectivity index (χ4v) is 3.86. The lowest BCUT2D eigenvalue weighted by Crippen LogP contribution is -2.29. The second-order valence-corrected chi connectivity index (χ2v) is 7.70. The summed E-state index contributed by atoms with van der Waals surface area (Å²) in [7, 11) is 1.33. The first kappa shape index (κ1) is 19.1. The summed E-state index contributed by atoms with van der Waals surface area (Å²) < 4.78 is 7.28. The Morgan fingerprint density at radius 2 is 1.87 bits per heavy atom. The summed E-state index contributed by atoms with van der Waals surface area (Å²) in [6.07, 6.45) is 0. The van der Waals surface area contributed by atoms with E-state index in [2.05, 4.69) is 47.0 Å². The van der Waals surface area contributed by atoms with Crippen LogP contribution in [0, 0.1) is 0 Å². The van der Waals surface area contributed by atoms with Crippen LogP contribution in [0.15, 0.2) is 57.8 Å². The van der Waals surface area contributed by atoms with Crippen molar-refractivity contribution in [2.45, 2.75) is 6.04 Å². The van der Waals surface area contributed by atoms with Crippen molar-refractivity contribution < 1.29 is 9.53 Å². The molecule has 2 N–H and O–H groups in total. The number of rotatable bonds is 3. The largest absolute Gasteiger partial charge is 0.465 e. The topological polar surface area (TPSA) is 128 Å². The Hall–Kier alpha value is -3.86. The number of methoxy groups -OCH3 is 1. The SMILES string of the molecule is COC(=O)c1ccc([C@H]2c3c(-c4ccc(Br)cc4)n[nH]c(=O)c3Nc3nnnn32)cc1. The van der Waals surface area contributed by atoms with E-state index in [1.807, 2.05) is 24.3 Å². The molecule has 4 aromatic rings. The maximum atomic E-state index is 12.7. The first-order chi connectivity index (χ1) is 15.1. The molecule has 11 heteroatoms. The number of fused-ring (bicyclic) bond motifs is 2. The number of benzene rings is 2. The number of H-pyrrole nitrogens is 1. The second-order valence-electron chi connectivity index (χ2n) is 6.79. The van der Waals surface area contributed by atoms with E-state index in [1.165, 1.54) is 7.11 Å². The van der Waals surface area contributed by atoms with E-state index in [1.54, 1.807) is 28.9 Å². The number of carbonyl (C=O) groups is 1. The zero-order valence-corrected chi connectivity index (χ0v) is 17.6. The van der Waals surface area contributed by atoms with Crippen molar-refractivity contribution in [2.75, 3.05) is 12.4 Å². The molecule has 1 aliphatic rings. The van der Waals surface area contributed by atoms with E-state index < -0.39 is 12.0 Å². The van der Waals surface area contributed by atoms with Crippen LogP contribution in [0.3, 0.4) is 0 Å². The summed E-state index contributed by atoms with van der Waals surface area (Å²) in [6.45, 7) is 0. The van der Waals surface area contributed by atoms with Gasteiger partial charge in [-0.3, -0.25) is 4.79 Å². The van der Waals surface area contributed by atoms with Crippen molar-refractivity contribution in [1.82, 2.24) is 30.4 Å². The first-order valence-corrected chi connectivity index (χ1v) is 9.98. The summed E-state index contributed by atoms with van der Waals surface area (Å²) in [5.74, 6) is -0.109. The van der Waals surface area contributed by atoms with Crippen molar-refractivity contribution in [2.24, 2.45) is 0 Å². The predicted molar refractivity (Wildman–Crippen MR) is 114 cm³/mol. The minimum Gasteiger partial charge on any atom is -0.465 e. The number of hydrogen-bond acceptors (Lipinski definition) is 8. The number of anilines is 2. The van der Waals surface area contributed by atoms with Crippen LogP contribution in [0.4, 0.5) is 11.6 Å². The zero-order valence-electron chi connectivity index (χ0n) is 16.0. The summed E-state index contributed by atoms with van der Waals surface area (Å²) in [6, 6.07) is 13.9. The van der Waals surface area contributed by atoms with Crippen LogP contribution >= 0.6 is 15.9 Å². The number of hydrogen-bond donors (Lipinski definition) is 2. The smallest absolute Gasteiger partial charge is 0.337 e. The van der Waals surface area contributed by atoms with Gasteiger partial charge in [-0.05, 0) is 40.3 Å². The molecule has 154 valence electrons. The van der Waals surface area contributed by atoms with Crippen LogP contribution in [0.25, 0.3) is 11.3 Å². The fourth-order valence-electron chi connectivity index (χ4n) is 3.59. The lowest BCUT2D eigenvalue weighted by Gasteiger charge is -2.27. The average molecular weight is 480 g/mol. The fraction of sp³-hybridized carbons (Fsp3) is 0.100. The van der Waals surface area contributed by atoms with Crippen molar-refractivity contribution >= 4 is 33.5 Å². The normalized spacial score (nSPS) is 14.3. The van der Waals surface area contributed by atoms with Crippen LogP contribution < -0.4 is 10.9 Å². The molecule has 2 aromatic carbocycles. The number of esters is 1. The Kier molecular flexibility index (Phi) is 4.59. The number of aromatic nitrogens is 6. The third-order valence-corrected chi connectivity index (χ3v) is 5.56. The third-order valence-electron chi connectivity index (χ3n) is 5.03. The molecule has 1 atom stereocenters. The molecule has 0 fully saturated rings. The number of halogens is 1. The van der Waals surface area contributed by atoms with E-state index in [9.17, 15) is 9.59 Å². The molecule has 3 heterocycles. The minimum atomic E-state index is -0.540. The molecule has 10 nitrogen and oxygen atoms in total. The number of nitrogens with zero attached hydrogens (tertiary/aromatic N) is 5. The van der Waals surface area contributed by atoms with E-state index in [-0.39, 0.29) is 5.56 Å². The van der Waals surface area contributed by atoms with E-state index in [4.69, 9.17) is 4.74 Å². The van der Waals surface area contributed by atoms with Crippen LogP contribution in [-0.4, -0.2) is 43.5 Å². The molecule has 1 aliphatic heterocycles. The highest BCUT2D eigenvalue weighted by Crippen LogP contribution is 2.41. The quantitative estimate of drug-likeness (QED) is 0.378. The van der Waals surface area contributed by atoms with Gasteiger partial charge in [-0.15, -0.1) is 0 Å². The maximum absolute atomic E-state index is 12.7. The minimum absolute atomic E-state index is 0.317. The van der Waals surface area contributed by atoms with Crippen LogP contribution in [0.1, 0.15) is 27.5 Å². The van der Waals surface area contributed by atoms with Crippen LogP contribution in [0.2, 0.25) is 0 Å². The van der Waals surface area contributed by atoms with Crippen LogP contribution in [-0.2, 0) is 4.74 Å². The van der Waals surface area contributed by atoms with Gasteiger partial charge in [-0.2, -0.15) is 9.78 Å². The van der Waals surface area contributed by atoms with Crippen LogP contribution in [0.5, 0.6) is 0 Å². The molecule has 0 radical (unpaired) electrons. The van der Waals surface area contributed by atoms with Gasteiger partial charge < -0.3 is 10.1 Å². The molecule has 5 rings (SSSR count). The zero-order chi connectivity index (χ0) is 21.5. The Labute approximate surface area is 183 Å². The molecule has 0 aliphatic carbocycles. The number of nitrogens with one attached hydrogen (secondary N) is 2. The lowest BCUT2D eigenvalue weighted by molar-refractivity contribution is 0.0600. The number of ether oxygens (including phenoxy) is 1. The van der Waals surface area contributed by atoms with Gasteiger partial charge in [-0.1, -0.05) is 45.3 Å². The van der Waals surface area contributed by atoms with Gasteiger partial charge in [0.25, 0.3) is 5.56 Å². The Morgan fingerprint density at radius 1 is 1.13 bits per heavy atom. The van der Waals surface area contributed by atoms with Crippen molar-refractivity contribution in [3.8, 4) is 11.3 Å². The molecular weight excluding hydrogens is 466 g/mol. The van der Waals surface area contributed by atoms with Gasteiger partial charge in [0.15, 0.2) is 0 Å². The van der Waals surface area contributed by atoms with Crippen molar-refractivity contribution in [3.05, 3.63) is 80.0 Å². The Bertz CT molecular complexity index is 1350. The van der Waals surface area contributed by atoms with E-state index >= 15 is 0 Å². The standard InChI is InChI=1S/C20H14BrN7O3/c1-31-19(30)12-4-2-11(3-5-12)17-14-15(10-6-8-13(21)9-7-10)23-24-18(29)16(14)22-20-25-26-27-28(17)20/h2-9,17H,1H3,(H,24,29)(H,22,25,27)/t17-/m0/s1. The lowest BCUT2D eigenvalue weighted by atomic mass is 9.92. The molecule has 31 heavy (non-hydrogen) atoms. The first-order valence-electron chi connectivity index (χ1n) is 9.18. The second kappa shape index (κ2) is 7.43.